The van der Waals surface area contributed by atoms with E-state index in [1.165, 1.54) is 6.07 Å². The molecule has 0 heterocycles. The van der Waals surface area contributed by atoms with Gasteiger partial charge in [-0.15, -0.1) is 11.6 Å². The van der Waals surface area contributed by atoms with Gasteiger partial charge in [-0.3, -0.25) is 0 Å². The van der Waals surface area contributed by atoms with Crippen LogP contribution in [-0.4, -0.2) is 22.2 Å². The Balaban J connectivity index is 3.06. The largest absolute Gasteiger partial charge is 0.397 e. The number of hydrogen-bond donors (Lipinski definition) is 3. The second-order valence-corrected chi connectivity index (χ2v) is 4.12. The summed E-state index contributed by atoms with van der Waals surface area (Å²) in [5.74, 6) is -0.0395. The van der Waals surface area contributed by atoms with Gasteiger partial charge in [0, 0.05) is 0 Å². The Kier molecular flexibility index (Phi) is 4.22. The van der Waals surface area contributed by atoms with Crippen LogP contribution >= 0.6 is 23.2 Å². The van der Waals surface area contributed by atoms with Crippen molar-refractivity contribution in [2.24, 2.45) is 0 Å². The molecule has 0 spiro atoms. The molecule has 0 amide bonds. The molecule has 0 fully saturated rings. The van der Waals surface area contributed by atoms with Gasteiger partial charge < -0.3 is 15.9 Å². The molecule has 15 heavy (non-hydrogen) atoms. The fourth-order valence-electron chi connectivity index (χ4n) is 1.26. The van der Waals surface area contributed by atoms with Crippen LogP contribution < -0.4 is 5.73 Å². The Labute approximate surface area is 98.4 Å². The number of anilines is 1. The molecule has 3 nitrogen and oxygen atoms in total. The standard InChI is InChI=1S/C10H13Cl2NO2/c1-5-2-6(3-7(12)9(5)13)10(15)8(14)4-11/h2-3,8,10,14-15H,4,13H2,1H3. The second-order valence-electron chi connectivity index (χ2n) is 3.40. The van der Waals surface area contributed by atoms with E-state index in [-0.39, 0.29) is 5.88 Å². The molecule has 1 rings (SSSR count). The van der Waals surface area contributed by atoms with Crippen molar-refractivity contribution in [2.75, 3.05) is 11.6 Å². The van der Waals surface area contributed by atoms with E-state index in [0.717, 1.165) is 5.56 Å². The minimum absolute atomic E-state index is 0.0395. The number of rotatable bonds is 3. The summed E-state index contributed by atoms with van der Waals surface area (Å²) in [5, 5.41) is 19.4. The normalized spacial score (nSPS) is 15.0. The van der Waals surface area contributed by atoms with E-state index in [9.17, 15) is 10.2 Å². The van der Waals surface area contributed by atoms with Gasteiger partial charge in [-0.2, -0.15) is 0 Å². The molecule has 1 aromatic rings. The SMILES string of the molecule is Cc1cc(C(O)C(O)CCl)cc(Cl)c1N. The zero-order valence-corrected chi connectivity index (χ0v) is 9.76. The molecule has 0 bridgehead atoms. The number of halogens is 2. The van der Waals surface area contributed by atoms with Crippen LogP contribution in [0.4, 0.5) is 5.69 Å². The fraction of sp³-hybridized carbons (Fsp3) is 0.400. The van der Waals surface area contributed by atoms with Crippen LogP contribution in [0.25, 0.3) is 0 Å². The van der Waals surface area contributed by atoms with E-state index >= 15 is 0 Å². The van der Waals surface area contributed by atoms with Gasteiger partial charge in [0.1, 0.15) is 6.10 Å². The van der Waals surface area contributed by atoms with E-state index < -0.39 is 12.2 Å². The zero-order valence-electron chi connectivity index (χ0n) is 8.24. The molecule has 0 saturated heterocycles. The van der Waals surface area contributed by atoms with Gasteiger partial charge in [0.2, 0.25) is 0 Å². The maximum atomic E-state index is 9.69. The van der Waals surface area contributed by atoms with Crippen molar-refractivity contribution in [3.63, 3.8) is 0 Å². The number of aryl methyl sites for hydroxylation is 1. The van der Waals surface area contributed by atoms with Crippen molar-refractivity contribution in [1.29, 1.82) is 0 Å². The van der Waals surface area contributed by atoms with Gasteiger partial charge in [0.25, 0.3) is 0 Å². The van der Waals surface area contributed by atoms with Gasteiger partial charge in [-0.1, -0.05) is 17.7 Å². The first-order valence-electron chi connectivity index (χ1n) is 4.45. The van der Waals surface area contributed by atoms with Crippen molar-refractivity contribution >= 4 is 28.9 Å². The third kappa shape index (κ3) is 2.75. The lowest BCUT2D eigenvalue weighted by Crippen LogP contribution is -2.19. The molecule has 0 radical (unpaired) electrons. The number of aliphatic hydroxyl groups excluding tert-OH is 2. The topological polar surface area (TPSA) is 66.5 Å². The van der Waals surface area contributed by atoms with Crippen LogP contribution in [-0.2, 0) is 0 Å². The van der Waals surface area contributed by atoms with E-state index in [2.05, 4.69) is 0 Å². The molecular weight excluding hydrogens is 237 g/mol. The summed E-state index contributed by atoms with van der Waals surface area (Å²) >= 11 is 11.3. The van der Waals surface area contributed by atoms with E-state index in [1.807, 2.05) is 0 Å². The lowest BCUT2D eigenvalue weighted by molar-refractivity contribution is 0.0327. The molecule has 84 valence electrons. The molecule has 0 aliphatic heterocycles. The number of aliphatic hydroxyl groups is 2. The quantitative estimate of drug-likeness (QED) is 0.566. The number of benzene rings is 1. The van der Waals surface area contributed by atoms with Gasteiger partial charge in [0.05, 0.1) is 22.7 Å². The molecule has 5 heteroatoms. The molecule has 2 atom stereocenters. The summed E-state index contributed by atoms with van der Waals surface area (Å²) in [6.45, 7) is 1.78. The van der Waals surface area contributed by atoms with Gasteiger partial charge in [0.15, 0.2) is 0 Å². The molecule has 1 aromatic carbocycles. The Bertz CT molecular complexity index is 334. The van der Waals surface area contributed by atoms with Crippen LogP contribution in [0.2, 0.25) is 5.02 Å². The van der Waals surface area contributed by atoms with Gasteiger partial charge in [-0.25, -0.2) is 0 Å². The average molecular weight is 250 g/mol. The summed E-state index contributed by atoms with van der Waals surface area (Å²) in [6.07, 6.45) is -2.05. The molecule has 0 aliphatic rings. The highest BCUT2D eigenvalue weighted by atomic mass is 35.5. The summed E-state index contributed by atoms with van der Waals surface area (Å²) in [4.78, 5) is 0. The highest BCUT2D eigenvalue weighted by Crippen LogP contribution is 2.28. The first-order chi connectivity index (χ1) is 6.97. The van der Waals surface area contributed by atoms with Crippen LogP contribution in [0.15, 0.2) is 12.1 Å². The number of alkyl halides is 1. The Morgan fingerprint density at radius 2 is 2.00 bits per heavy atom. The molecule has 0 aromatic heterocycles. The first kappa shape index (κ1) is 12.6. The maximum Gasteiger partial charge on any atom is 0.106 e. The minimum Gasteiger partial charge on any atom is -0.397 e. The van der Waals surface area contributed by atoms with Crippen LogP contribution in [0.5, 0.6) is 0 Å². The highest BCUT2D eigenvalue weighted by molar-refractivity contribution is 6.33. The monoisotopic (exact) mass is 249 g/mol. The number of hydrogen-bond acceptors (Lipinski definition) is 3. The van der Waals surface area contributed by atoms with Crippen molar-refractivity contribution < 1.29 is 10.2 Å². The van der Waals surface area contributed by atoms with Crippen LogP contribution in [0, 0.1) is 6.92 Å². The number of nitrogens with two attached hydrogens (primary N) is 1. The zero-order chi connectivity index (χ0) is 11.6. The lowest BCUT2D eigenvalue weighted by atomic mass is 10.0. The molecule has 4 N–H and O–H groups in total. The van der Waals surface area contributed by atoms with Crippen molar-refractivity contribution in [1.82, 2.24) is 0 Å². The molecular formula is C10H13Cl2NO2. The Morgan fingerprint density at radius 3 is 2.47 bits per heavy atom. The predicted octanol–water partition coefficient (Wildman–Crippen LogP) is 1.86. The van der Waals surface area contributed by atoms with Gasteiger partial charge >= 0.3 is 0 Å². The smallest absolute Gasteiger partial charge is 0.106 e. The van der Waals surface area contributed by atoms with Crippen LogP contribution in [0.3, 0.4) is 0 Å². The fourth-order valence-corrected chi connectivity index (χ4v) is 1.70. The maximum absolute atomic E-state index is 9.69. The third-order valence-corrected chi connectivity index (χ3v) is 2.85. The van der Waals surface area contributed by atoms with Crippen molar-refractivity contribution in [2.45, 2.75) is 19.1 Å². The summed E-state index contributed by atoms with van der Waals surface area (Å²) in [5.41, 5.74) is 7.41. The summed E-state index contributed by atoms with van der Waals surface area (Å²) in [7, 11) is 0. The minimum atomic E-state index is -1.04. The molecule has 0 aliphatic carbocycles. The first-order valence-corrected chi connectivity index (χ1v) is 5.36. The van der Waals surface area contributed by atoms with Crippen molar-refractivity contribution in [3.8, 4) is 0 Å². The van der Waals surface area contributed by atoms with Gasteiger partial charge in [-0.05, 0) is 24.1 Å². The van der Waals surface area contributed by atoms with E-state index in [4.69, 9.17) is 28.9 Å². The second kappa shape index (κ2) is 5.03. The number of nitrogen functional groups attached to an aromatic ring is 1. The molecule has 0 saturated carbocycles. The van der Waals surface area contributed by atoms with Crippen molar-refractivity contribution in [3.05, 3.63) is 28.3 Å². The summed E-state index contributed by atoms with van der Waals surface area (Å²) < 4.78 is 0. The van der Waals surface area contributed by atoms with E-state index in [1.54, 1.807) is 13.0 Å². The summed E-state index contributed by atoms with van der Waals surface area (Å²) in [6, 6.07) is 3.21. The Morgan fingerprint density at radius 1 is 1.40 bits per heavy atom. The predicted molar refractivity (Wildman–Crippen MR) is 62.3 cm³/mol. The molecule has 2 unspecified atom stereocenters. The van der Waals surface area contributed by atoms with Crippen LogP contribution in [0.1, 0.15) is 17.2 Å². The average Bonchev–Trinajstić information content (AvgIpc) is 2.23. The lowest BCUT2D eigenvalue weighted by Gasteiger charge is -2.17. The Hall–Kier alpha value is -0.480. The highest BCUT2D eigenvalue weighted by Gasteiger charge is 2.18. The van der Waals surface area contributed by atoms with E-state index in [0.29, 0.717) is 16.3 Å². The third-order valence-electron chi connectivity index (χ3n) is 2.22.